The molecule has 0 atom stereocenters. The van der Waals surface area contributed by atoms with Crippen LogP contribution < -0.4 is 16.4 Å². The first-order chi connectivity index (χ1) is 12.1. The Morgan fingerprint density at radius 3 is 2.85 bits per heavy atom. The van der Waals surface area contributed by atoms with Crippen molar-refractivity contribution in [2.24, 2.45) is 10.7 Å². The predicted octanol–water partition coefficient (Wildman–Crippen LogP) is 3.24. The van der Waals surface area contributed by atoms with Crippen molar-refractivity contribution in [1.29, 1.82) is 0 Å². The maximum Gasteiger partial charge on any atom is 0.287 e. The van der Waals surface area contributed by atoms with E-state index in [4.69, 9.17) is 10.2 Å². The third-order valence-electron chi connectivity index (χ3n) is 4.34. The zero-order valence-corrected chi connectivity index (χ0v) is 17.2. The Kier molecular flexibility index (Phi) is 7.50. The summed E-state index contributed by atoms with van der Waals surface area (Å²) in [6, 6.07) is 8.11. The van der Waals surface area contributed by atoms with Gasteiger partial charge in [0, 0.05) is 24.3 Å². The molecule has 1 aliphatic rings. The van der Waals surface area contributed by atoms with Gasteiger partial charge >= 0.3 is 0 Å². The van der Waals surface area contributed by atoms with Crippen molar-refractivity contribution in [3.63, 3.8) is 0 Å². The van der Waals surface area contributed by atoms with Gasteiger partial charge in [-0.15, -0.1) is 24.0 Å². The Morgan fingerprint density at radius 1 is 1.27 bits per heavy atom. The molecule has 0 bridgehead atoms. The highest BCUT2D eigenvalue weighted by Crippen LogP contribution is 2.24. The largest absolute Gasteiger partial charge is 0.459 e. The van der Waals surface area contributed by atoms with Gasteiger partial charge in [-0.3, -0.25) is 9.79 Å². The molecule has 1 aromatic heterocycles. The molecule has 1 heterocycles. The van der Waals surface area contributed by atoms with E-state index in [1.807, 2.05) is 13.0 Å². The third kappa shape index (κ3) is 5.23. The van der Waals surface area contributed by atoms with Crippen LogP contribution in [-0.4, -0.2) is 25.0 Å². The Morgan fingerprint density at radius 2 is 2.08 bits per heavy atom. The van der Waals surface area contributed by atoms with E-state index in [0.29, 0.717) is 31.2 Å². The number of guanidine groups is 1. The van der Waals surface area contributed by atoms with E-state index >= 15 is 0 Å². The van der Waals surface area contributed by atoms with Crippen LogP contribution in [0.25, 0.3) is 0 Å². The van der Waals surface area contributed by atoms with Gasteiger partial charge in [0.1, 0.15) is 0 Å². The highest BCUT2D eigenvalue weighted by Gasteiger charge is 2.12. The minimum atomic E-state index is -0.198. The Bertz CT molecular complexity index is 786. The van der Waals surface area contributed by atoms with Crippen LogP contribution in [0.1, 0.15) is 40.1 Å². The lowest BCUT2D eigenvalue weighted by molar-refractivity contribution is 0.0925. The number of carbonyl (C=O) groups is 1. The zero-order chi connectivity index (χ0) is 17.6. The first kappa shape index (κ1) is 20.3. The van der Waals surface area contributed by atoms with E-state index in [1.165, 1.54) is 30.2 Å². The van der Waals surface area contributed by atoms with E-state index in [-0.39, 0.29) is 29.9 Å². The van der Waals surface area contributed by atoms with Crippen LogP contribution in [0.2, 0.25) is 0 Å². The quantitative estimate of drug-likeness (QED) is 0.263. The van der Waals surface area contributed by atoms with Gasteiger partial charge in [-0.1, -0.05) is 6.07 Å². The van der Waals surface area contributed by atoms with Gasteiger partial charge in [-0.05, 0) is 61.9 Å². The smallest absolute Gasteiger partial charge is 0.287 e. The summed E-state index contributed by atoms with van der Waals surface area (Å²) in [6.45, 7) is 2.91. The standard InChI is InChI=1S/C19H24N4O2.HI/c1-13-8-11-25-17(13)18(24)21-9-3-10-22-19(20)23-16-7-6-14-4-2-5-15(14)12-16;/h6-8,11-12H,2-5,9-10H2,1H3,(H,21,24)(H3,20,22,23);1H. The first-order valence-corrected chi connectivity index (χ1v) is 8.64. The van der Waals surface area contributed by atoms with Crippen LogP contribution in [0, 0.1) is 6.92 Å². The Labute approximate surface area is 170 Å². The second-order valence-corrected chi connectivity index (χ2v) is 6.27. The van der Waals surface area contributed by atoms with E-state index in [1.54, 1.807) is 6.07 Å². The van der Waals surface area contributed by atoms with Crippen molar-refractivity contribution in [3.05, 3.63) is 53.0 Å². The molecule has 2 aromatic rings. The lowest BCUT2D eigenvalue weighted by Crippen LogP contribution is -2.26. The van der Waals surface area contributed by atoms with E-state index in [0.717, 1.165) is 17.7 Å². The van der Waals surface area contributed by atoms with Crippen LogP contribution in [0.4, 0.5) is 5.69 Å². The van der Waals surface area contributed by atoms with Crippen LogP contribution >= 0.6 is 24.0 Å². The highest BCUT2D eigenvalue weighted by atomic mass is 127. The second kappa shape index (κ2) is 9.61. The summed E-state index contributed by atoms with van der Waals surface area (Å²) in [5.74, 6) is 0.558. The number of carbonyl (C=O) groups excluding carboxylic acids is 1. The molecule has 1 aliphatic carbocycles. The van der Waals surface area contributed by atoms with Crippen LogP contribution in [0.15, 0.2) is 39.9 Å². The molecular weight excluding hydrogens is 443 g/mol. The number of halogens is 1. The van der Waals surface area contributed by atoms with Crippen molar-refractivity contribution >= 4 is 41.5 Å². The summed E-state index contributed by atoms with van der Waals surface area (Å²) in [5, 5.41) is 5.94. The minimum Gasteiger partial charge on any atom is -0.459 e. The van der Waals surface area contributed by atoms with E-state index in [9.17, 15) is 4.79 Å². The number of nitrogens with zero attached hydrogens (tertiary/aromatic N) is 1. The normalized spacial score (nSPS) is 13.0. The molecule has 0 saturated carbocycles. The molecule has 3 rings (SSSR count). The number of hydrogen-bond donors (Lipinski definition) is 3. The number of aliphatic imine (C=N–C) groups is 1. The molecule has 0 spiro atoms. The maximum absolute atomic E-state index is 11.9. The van der Waals surface area contributed by atoms with Crippen molar-refractivity contribution in [3.8, 4) is 0 Å². The Hall–Kier alpha value is -2.03. The average Bonchev–Trinajstić information content (AvgIpc) is 3.22. The molecular formula is C19H25IN4O2. The number of nitrogens with one attached hydrogen (secondary N) is 2. The number of furan rings is 1. The van der Waals surface area contributed by atoms with E-state index < -0.39 is 0 Å². The SMILES string of the molecule is Cc1ccoc1C(=O)NCCCN=C(N)Nc1ccc2c(c1)CCC2.I. The molecule has 6 nitrogen and oxygen atoms in total. The second-order valence-electron chi connectivity index (χ2n) is 6.27. The van der Waals surface area contributed by atoms with Gasteiger partial charge in [0.2, 0.25) is 0 Å². The molecule has 0 fully saturated rings. The summed E-state index contributed by atoms with van der Waals surface area (Å²) in [5.41, 5.74) is 10.6. The summed E-state index contributed by atoms with van der Waals surface area (Å²) in [4.78, 5) is 16.2. The lowest BCUT2D eigenvalue weighted by atomic mass is 10.1. The summed E-state index contributed by atoms with van der Waals surface area (Å²) in [7, 11) is 0. The number of aryl methyl sites for hydroxylation is 3. The lowest BCUT2D eigenvalue weighted by Gasteiger charge is -2.08. The fourth-order valence-corrected chi connectivity index (χ4v) is 3.00. The molecule has 1 aromatic carbocycles. The number of amides is 1. The van der Waals surface area contributed by atoms with E-state index in [2.05, 4.69) is 27.8 Å². The van der Waals surface area contributed by atoms with Crippen LogP contribution in [0.5, 0.6) is 0 Å². The fraction of sp³-hybridized carbons (Fsp3) is 0.368. The monoisotopic (exact) mass is 468 g/mol. The Balaban J connectivity index is 0.00000243. The zero-order valence-electron chi connectivity index (χ0n) is 14.9. The van der Waals surface area contributed by atoms with Gasteiger partial charge in [-0.2, -0.15) is 0 Å². The van der Waals surface area contributed by atoms with Crippen molar-refractivity contribution < 1.29 is 9.21 Å². The topological polar surface area (TPSA) is 92.7 Å². The van der Waals surface area contributed by atoms with Gasteiger partial charge in [0.15, 0.2) is 11.7 Å². The van der Waals surface area contributed by atoms with Crippen molar-refractivity contribution in [2.45, 2.75) is 32.6 Å². The molecule has 0 saturated heterocycles. The number of rotatable bonds is 6. The summed E-state index contributed by atoms with van der Waals surface area (Å²) in [6.07, 6.45) is 5.75. The maximum atomic E-state index is 11.9. The summed E-state index contributed by atoms with van der Waals surface area (Å²) < 4.78 is 5.15. The molecule has 4 N–H and O–H groups in total. The number of nitrogens with two attached hydrogens (primary N) is 1. The minimum absolute atomic E-state index is 0. The van der Waals surface area contributed by atoms with Crippen molar-refractivity contribution in [2.75, 3.05) is 18.4 Å². The van der Waals surface area contributed by atoms with Gasteiger partial charge < -0.3 is 20.8 Å². The number of fused-ring (bicyclic) bond motifs is 1. The van der Waals surface area contributed by atoms with Crippen molar-refractivity contribution in [1.82, 2.24) is 5.32 Å². The third-order valence-corrected chi connectivity index (χ3v) is 4.34. The van der Waals surface area contributed by atoms with Gasteiger partial charge in [-0.25, -0.2) is 0 Å². The summed E-state index contributed by atoms with van der Waals surface area (Å²) >= 11 is 0. The van der Waals surface area contributed by atoms with Crippen LogP contribution in [0.3, 0.4) is 0 Å². The number of benzene rings is 1. The first-order valence-electron chi connectivity index (χ1n) is 8.64. The molecule has 7 heteroatoms. The molecule has 0 unspecified atom stereocenters. The number of hydrogen-bond acceptors (Lipinski definition) is 3. The highest BCUT2D eigenvalue weighted by molar-refractivity contribution is 14.0. The molecule has 1 amide bonds. The van der Waals surface area contributed by atoms with Gasteiger partial charge in [0.05, 0.1) is 6.26 Å². The molecule has 0 radical (unpaired) electrons. The molecule has 0 aliphatic heterocycles. The fourth-order valence-electron chi connectivity index (χ4n) is 3.00. The average molecular weight is 468 g/mol. The van der Waals surface area contributed by atoms with Gasteiger partial charge in [0.25, 0.3) is 5.91 Å². The predicted molar refractivity (Wildman–Crippen MR) is 114 cm³/mol. The number of anilines is 1. The molecule has 140 valence electrons. The molecule has 26 heavy (non-hydrogen) atoms. The van der Waals surface area contributed by atoms with Crippen LogP contribution in [-0.2, 0) is 12.8 Å².